The number of benzene rings is 2. The zero-order valence-corrected chi connectivity index (χ0v) is 16.5. The van der Waals surface area contributed by atoms with Crippen LogP contribution in [0.1, 0.15) is 30.0 Å². The third kappa shape index (κ3) is 6.98. The lowest BCUT2D eigenvalue weighted by Crippen LogP contribution is -2.39. The van der Waals surface area contributed by atoms with Crippen molar-refractivity contribution in [3.05, 3.63) is 71.8 Å². The molecule has 1 heterocycles. The maximum atomic E-state index is 12.4. The Bertz CT molecular complexity index is 688. The van der Waals surface area contributed by atoms with Gasteiger partial charge in [-0.2, -0.15) is 0 Å². The van der Waals surface area contributed by atoms with E-state index in [1.165, 1.54) is 5.56 Å². The average Bonchev–Trinajstić information content (AvgIpc) is 2.75. The number of carbonyl (C=O) groups is 1. The fourth-order valence-corrected chi connectivity index (χ4v) is 3.48. The molecule has 5 nitrogen and oxygen atoms in total. The average molecular weight is 382 g/mol. The molecule has 0 aliphatic carbocycles. The predicted octanol–water partition coefficient (Wildman–Crippen LogP) is 3.38. The second-order valence-corrected chi connectivity index (χ2v) is 7.21. The van der Waals surface area contributed by atoms with E-state index in [2.05, 4.69) is 39.8 Å². The first kappa shape index (κ1) is 20.4. The number of carbonyl (C=O) groups excluding carboxylic acids is 1. The number of nitrogens with zero attached hydrogens (tertiary/aromatic N) is 1. The lowest BCUT2D eigenvalue weighted by atomic mass is 9.99. The molecule has 0 spiro atoms. The van der Waals surface area contributed by atoms with Gasteiger partial charge in [0.05, 0.1) is 19.3 Å². The molecule has 1 aliphatic heterocycles. The highest BCUT2D eigenvalue weighted by atomic mass is 16.5. The summed E-state index contributed by atoms with van der Waals surface area (Å²) in [5.74, 6) is 0. The van der Waals surface area contributed by atoms with Crippen LogP contribution in [-0.2, 0) is 11.2 Å². The molecule has 2 aromatic carbocycles. The van der Waals surface area contributed by atoms with Crippen molar-refractivity contribution < 1.29 is 9.53 Å². The van der Waals surface area contributed by atoms with Crippen LogP contribution in [0, 0.1) is 0 Å². The van der Waals surface area contributed by atoms with Crippen LogP contribution >= 0.6 is 0 Å². The van der Waals surface area contributed by atoms with Gasteiger partial charge in [0.2, 0.25) is 0 Å². The number of nitrogens with one attached hydrogen (secondary N) is 2. The molecule has 1 fully saturated rings. The molecule has 1 saturated heterocycles. The molecule has 1 atom stereocenters. The van der Waals surface area contributed by atoms with Crippen LogP contribution in [0.2, 0.25) is 0 Å². The van der Waals surface area contributed by atoms with E-state index in [1.54, 1.807) is 0 Å². The monoisotopic (exact) mass is 381 g/mol. The van der Waals surface area contributed by atoms with Crippen LogP contribution in [-0.4, -0.2) is 50.3 Å². The Morgan fingerprint density at radius 1 is 0.964 bits per heavy atom. The van der Waals surface area contributed by atoms with Gasteiger partial charge in [0, 0.05) is 19.6 Å². The van der Waals surface area contributed by atoms with Gasteiger partial charge >= 0.3 is 6.03 Å². The van der Waals surface area contributed by atoms with E-state index in [-0.39, 0.29) is 12.1 Å². The normalized spacial score (nSPS) is 15.7. The van der Waals surface area contributed by atoms with E-state index in [9.17, 15) is 4.79 Å². The van der Waals surface area contributed by atoms with Gasteiger partial charge in [0.15, 0.2) is 0 Å². The summed E-state index contributed by atoms with van der Waals surface area (Å²) in [6, 6.07) is 20.3. The van der Waals surface area contributed by atoms with E-state index in [0.29, 0.717) is 6.54 Å². The maximum absolute atomic E-state index is 12.4. The van der Waals surface area contributed by atoms with Gasteiger partial charge in [-0.05, 0) is 36.9 Å². The summed E-state index contributed by atoms with van der Waals surface area (Å²) in [6.45, 7) is 5.49. The summed E-state index contributed by atoms with van der Waals surface area (Å²) >= 11 is 0. The number of amides is 2. The van der Waals surface area contributed by atoms with Gasteiger partial charge in [-0.25, -0.2) is 4.79 Å². The van der Waals surface area contributed by atoms with Crippen LogP contribution < -0.4 is 10.6 Å². The molecule has 28 heavy (non-hydrogen) atoms. The molecule has 2 N–H and O–H groups in total. The summed E-state index contributed by atoms with van der Waals surface area (Å²) in [7, 11) is 0. The Labute approximate surface area is 168 Å². The lowest BCUT2D eigenvalue weighted by Gasteiger charge is -2.26. The number of hydrogen-bond acceptors (Lipinski definition) is 3. The van der Waals surface area contributed by atoms with Gasteiger partial charge in [-0.1, -0.05) is 60.7 Å². The highest BCUT2D eigenvalue weighted by molar-refractivity contribution is 5.74. The van der Waals surface area contributed by atoms with Crippen LogP contribution in [0.5, 0.6) is 0 Å². The van der Waals surface area contributed by atoms with E-state index in [1.807, 2.05) is 36.4 Å². The predicted molar refractivity (Wildman–Crippen MR) is 112 cm³/mol. The molecule has 1 unspecified atom stereocenters. The van der Waals surface area contributed by atoms with E-state index in [4.69, 9.17) is 4.74 Å². The van der Waals surface area contributed by atoms with Crippen molar-refractivity contribution in [2.24, 2.45) is 0 Å². The molecule has 2 amide bonds. The number of morpholine rings is 1. The van der Waals surface area contributed by atoms with Crippen LogP contribution in [0.3, 0.4) is 0 Å². The quantitative estimate of drug-likeness (QED) is 0.655. The summed E-state index contributed by atoms with van der Waals surface area (Å²) in [5.41, 5.74) is 2.33. The van der Waals surface area contributed by atoms with E-state index in [0.717, 1.165) is 57.7 Å². The molecule has 0 radical (unpaired) electrons. The SMILES string of the molecule is O=C(NCCCCN1CCOCC1)NC(Cc1ccccc1)c1ccccc1. The molecule has 1 aliphatic rings. The number of ether oxygens (including phenoxy) is 1. The summed E-state index contributed by atoms with van der Waals surface area (Å²) in [4.78, 5) is 14.9. The molecule has 2 aromatic rings. The summed E-state index contributed by atoms with van der Waals surface area (Å²) in [6.07, 6.45) is 2.85. The Kier molecular flexibility index (Phi) is 8.34. The Morgan fingerprint density at radius 2 is 1.64 bits per heavy atom. The zero-order chi connectivity index (χ0) is 19.4. The first-order valence-electron chi connectivity index (χ1n) is 10.2. The van der Waals surface area contributed by atoms with Gasteiger partial charge in [-0.3, -0.25) is 4.90 Å². The minimum Gasteiger partial charge on any atom is -0.379 e. The van der Waals surface area contributed by atoms with Gasteiger partial charge < -0.3 is 15.4 Å². The standard InChI is InChI=1S/C23H31N3O2/c27-23(24-13-7-8-14-26-15-17-28-18-16-26)25-22(21-11-5-2-6-12-21)19-20-9-3-1-4-10-20/h1-6,9-12,22H,7-8,13-19H2,(H2,24,25,27). The number of unbranched alkanes of at least 4 members (excludes halogenated alkanes) is 1. The minimum atomic E-state index is -0.101. The first-order valence-corrected chi connectivity index (χ1v) is 10.2. The fourth-order valence-electron chi connectivity index (χ4n) is 3.48. The van der Waals surface area contributed by atoms with Crippen LogP contribution in [0.25, 0.3) is 0 Å². The largest absolute Gasteiger partial charge is 0.379 e. The fraction of sp³-hybridized carbons (Fsp3) is 0.435. The molecule has 5 heteroatoms. The number of rotatable bonds is 9. The number of urea groups is 1. The molecule has 0 bridgehead atoms. The van der Waals surface area contributed by atoms with E-state index >= 15 is 0 Å². The second-order valence-electron chi connectivity index (χ2n) is 7.21. The topological polar surface area (TPSA) is 53.6 Å². The molecule has 150 valence electrons. The van der Waals surface area contributed by atoms with Gasteiger partial charge in [0.1, 0.15) is 0 Å². The van der Waals surface area contributed by atoms with Crippen molar-refractivity contribution in [1.82, 2.24) is 15.5 Å². The lowest BCUT2D eigenvalue weighted by molar-refractivity contribution is 0.0372. The van der Waals surface area contributed by atoms with Crippen LogP contribution in [0.4, 0.5) is 4.79 Å². The van der Waals surface area contributed by atoms with Crippen molar-refractivity contribution >= 4 is 6.03 Å². The Balaban J connectivity index is 1.43. The molecular weight excluding hydrogens is 350 g/mol. The molecule has 0 saturated carbocycles. The third-order valence-electron chi connectivity index (χ3n) is 5.08. The second kappa shape index (κ2) is 11.5. The highest BCUT2D eigenvalue weighted by Crippen LogP contribution is 2.18. The van der Waals surface area contributed by atoms with Gasteiger partial charge in [0.25, 0.3) is 0 Å². The number of hydrogen-bond donors (Lipinski definition) is 2. The first-order chi connectivity index (χ1) is 13.8. The van der Waals surface area contributed by atoms with Crippen molar-refractivity contribution in [1.29, 1.82) is 0 Å². The maximum Gasteiger partial charge on any atom is 0.315 e. The van der Waals surface area contributed by atoms with E-state index < -0.39 is 0 Å². The molecule has 0 aromatic heterocycles. The molecule has 3 rings (SSSR count). The minimum absolute atomic E-state index is 0.0445. The summed E-state index contributed by atoms with van der Waals surface area (Å²) in [5, 5.41) is 6.16. The van der Waals surface area contributed by atoms with Crippen molar-refractivity contribution in [2.45, 2.75) is 25.3 Å². The van der Waals surface area contributed by atoms with Crippen LogP contribution in [0.15, 0.2) is 60.7 Å². The van der Waals surface area contributed by atoms with Crippen molar-refractivity contribution in [3.8, 4) is 0 Å². The zero-order valence-electron chi connectivity index (χ0n) is 16.5. The van der Waals surface area contributed by atoms with Crippen molar-refractivity contribution in [3.63, 3.8) is 0 Å². The smallest absolute Gasteiger partial charge is 0.315 e. The van der Waals surface area contributed by atoms with Crippen molar-refractivity contribution in [2.75, 3.05) is 39.4 Å². The van der Waals surface area contributed by atoms with Gasteiger partial charge in [-0.15, -0.1) is 0 Å². The summed E-state index contributed by atoms with van der Waals surface area (Å²) < 4.78 is 5.37. The Morgan fingerprint density at radius 3 is 2.36 bits per heavy atom. The third-order valence-corrected chi connectivity index (χ3v) is 5.08. The molecular formula is C23H31N3O2. The Hall–Kier alpha value is -2.37. The highest BCUT2D eigenvalue weighted by Gasteiger charge is 2.15.